The molecular weight excluding hydrogens is 278 g/mol. The Morgan fingerprint density at radius 1 is 1.18 bits per heavy atom. The van der Waals surface area contributed by atoms with Gasteiger partial charge in [0.25, 0.3) is 0 Å². The highest BCUT2D eigenvalue weighted by molar-refractivity contribution is 5.15. The molecule has 0 aromatic heterocycles. The molecule has 0 amide bonds. The molecule has 1 saturated heterocycles. The van der Waals surface area contributed by atoms with Gasteiger partial charge in [0.2, 0.25) is 0 Å². The molecule has 2 fully saturated rings. The van der Waals surface area contributed by atoms with Crippen molar-refractivity contribution in [3.05, 3.63) is 35.9 Å². The average Bonchev–Trinajstić information content (AvgIpc) is 2.99. The van der Waals surface area contributed by atoms with Crippen LogP contribution in [0.3, 0.4) is 0 Å². The van der Waals surface area contributed by atoms with Crippen LogP contribution in [0.1, 0.15) is 38.2 Å². The van der Waals surface area contributed by atoms with Crippen molar-refractivity contribution in [3.63, 3.8) is 0 Å². The summed E-state index contributed by atoms with van der Waals surface area (Å²) in [6.07, 6.45) is 4.32. The van der Waals surface area contributed by atoms with Crippen LogP contribution in [-0.2, 0) is 15.9 Å². The molecule has 2 N–H and O–H groups in total. The first-order chi connectivity index (χ1) is 10.7. The van der Waals surface area contributed by atoms with Crippen molar-refractivity contribution in [2.75, 3.05) is 13.2 Å². The molecule has 22 heavy (non-hydrogen) atoms. The zero-order chi connectivity index (χ0) is 15.4. The van der Waals surface area contributed by atoms with Gasteiger partial charge in [-0.1, -0.05) is 30.3 Å². The van der Waals surface area contributed by atoms with Gasteiger partial charge in [-0.05, 0) is 31.7 Å². The summed E-state index contributed by atoms with van der Waals surface area (Å²) in [7, 11) is 0. The molecule has 1 aliphatic heterocycles. The monoisotopic (exact) mass is 305 g/mol. The molecule has 122 valence electrons. The summed E-state index contributed by atoms with van der Waals surface area (Å²) in [4.78, 5) is 0. The van der Waals surface area contributed by atoms with Crippen LogP contribution in [0.15, 0.2) is 30.3 Å². The van der Waals surface area contributed by atoms with E-state index in [4.69, 9.17) is 9.47 Å². The van der Waals surface area contributed by atoms with Crippen LogP contribution in [-0.4, -0.2) is 42.3 Å². The average molecular weight is 305 g/mol. The highest BCUT2D eigenvalue weighted by atomic mass is 16.7. The van der Waals surface area contributed by atoms with Gasteiger partial charge in [0.15, 0.2) is 5.79 Å². The van der Waals surface area contributed by atoms with E-state index in [0.717, 1.165) is 38.9 Å². The summed E-state index contributed by atoms with van der Waals surface area (Å²) in [5.41, 5.74) is 1.18. The third-order valence-corrected chi connectivity index (χ3v) is 4.92. The number of aliphatic hydroxyl groups excluding tert-OH is 1. The lowest BCUT2D eigenvalue weighted by Crippen LogP contribution is -2.48. The summed E-state index contributed by atoms with van der Waals surface area (Å²) in [5.74, 6) is -0.302. The van der Waals surface area contributed by atoms with Crippen LogP contribution in [0.5, 0.6) is 0 Å². The summed E-state index contributed by atoms with van der Waals surface area (Å²) in [5, 5.41) is 14.0. The molecule has 4 heteroatoms. The van der Waals surface area contributed by atoms with Gasteiger partial charge in [0.05, 0.1) is 19.3 Å². The number of nitrogens with one attached hydrogen (secondary N) is 1. The van der Waals surface area contributed by atoms with Crippen LogP contribution in [0.25, 0.3) is 0 Å². The molecule has 1 heterocycles. The molecule has 1 aromatic rings. The Morgan fingerprint density at radius 2 is 1.82 bits per heavy atom. The number of benzene rings is 1. The number of ether oxygens (including phenoxy) is 2. The molecule has 1 aliphatic carbocycles. The summed E-state index contributed by atoms with van der Waals surface area (Å²) in [6, 6.07) is 10.7. The molecule has 2 aliphatic rings. The quantitative estimate of drug-likeness (QED) is 0.876. The van der Waals surface area contributed by atoms with Crippen molar-refractivity contribution in [3.8, 4) is 0 Å². The van der Waals surface area contributed by atoms with E-state index < -0.39 is 0 Å². The van der Waals surface area contributed by atoms with Gasteiger partial charge in [-0.3, -0.25) is 0 Å². The van der Waals surface area contributed by atoms with Crippen LogP contribution in [0, 0.1) is 0 Å². The van der Waals surface area contributed by atoms with Gasteiger partial charge in [0.1, 0.15) is 0 Å². The Kier molecular flexibility index (Phi) is 5.14. The Labute approximate surface area is 132 Å². The Hall–Kier alpha value is -0.940. The molecule has 0 unspecified atom stereocenters. The lowest BCUT2D eigenvalue weighted by molar-refractivity contribution is -0.180. The van der Waals surface area contributed by atoms with Crippen LogP contribution in [0.4, 0.5) is 0 Å². The molecule has 1 aromatic carbocycles. The second-order valence-corrected chi connectivity index (χ2v) is 6.59. The zero-order valence-corrected chi connectivity index (χ0v) is 13.3. The van der Waals surface area contributed by atoms with Crippen molar-refractivity contribution in [1.82, 2.24) is 5.32 Å². The van der Waals surface area contributed by atoms with E-state index in [0.29, 0.717) is 12.5 Å². The maximum atomic E-state index is 10.4. The molecule has 0 bridgehead atoms. The second kappa shape index (κ2) is 7.09. The molecule has 0 radical (unpaired) electrons. The predicted molar refractivity (Wildman–Crippen MR) is 85.6 cm³/mol. The van der Waals surface area contributed by atoms with Crippen molar-refractivity contribution >= 4 is 0 Å². The molecule has 4 nitrogen and oxygen atoms in total. The first-order valence-electron chi connectivity index (χ1n) is 8.43. The highest BCUT2D eigenvalue weighted by Gasteiger charge is 2.40. The zero-order valence-electron chi connectivity index (χ0n) is 13.3. The second-order valence-electron chi connectivity index (χ2n) is 6.59. The van der Waals surface area contributed by atoms with Gasteiger partial charge in [-0.2, -0.15) is 0 Å². The standard InChI is InChI=1S/C18H27NO3/c1-14(17(20)13-15-5-3-2-4-6-15)19-16-7-9-18(10-8-16)21-11-12-22-18/h2-6,14,16-17,19-20H,7-13H2,1H3/t14-,17+/m0/s1. The lowest BCUT2D eigenvalue weighted by Gasteiger charge is -2.37. The fraction of sp³-hybridized carbons (Fsp3) is 0.667. The van der Waals surface area contributed by atoms with Gasteiger partial charge in [-0.25, -0.2) is 0 Å². The largest absolute Gasteiger partial charge is 0.391 e. The molecular formula is C18H27NO3. The van der Waals surface area contributed by atoms with Crippen LogP contribution < -0.4 is 5.32 Å². The fourth-order valence-electron chi connectivity index (χ4n) is 3.53. The maximum Gasteiger partial charge on any atom is 0.168 e. The normalized spacial score (nSPS) is 24.5. The third-order valence-electron chi connectivity index (χ3n) is 4.92. The third kappa shape index (κ3) is 3.87. The summed E-state index contributed by atoms with van der Waals surface area (Å²) < 4.78 is 11.5. The van der Waals surface area contributed by atoms with E-state index in [1.54, 1.807) is 0 Å². The van der Waals surface area contributed by atoms with Gasteiger partial charge < -0.3 is 19.9 Å². The molecule has 3 rings (SSSR count). The van der Waals surface area contributed by atoms with E-state index in [9.17, 15) is 5.11 Å². The number of hydrogen-bond donors (Lipinski definition) is 2. The topological polar surface area (TPSA) is 50.7 Å². The van der Waals surface area contributed by atoms with Crippen molar-refractivity contribution in [1.29, 1.82) is 0 Å². The van der Waals surface area contributed by atoms with Gasteiger partial charge in [0, 0.05) is 24.9 Å². The van der Waals surface area contributed by atoms with E-state index in [1.165, 1.54) is 5.56 Å². The minimum atomic E-state index is -0.364. The molecule has 1 saturated carbocycles. The molecule has 2 atom stereocenters. The van der Waals surface area contributed by atoms with E-state index in [1.807, 2.05) is 18.2 Å². The fourth-order valence-corrected chi connectivity index (χ4v) is 3.53. The van der Waals surface area contributed by atoms with E-state index in [2.05, 4.69) is 24.4 Å². The number of hydrogen-bond acceptors (Lipinski definition) is 4. The van der Waals surface area contributed by atoms with Crippen molar-refractivity contribution < 1.29 is 14.6 Å². The Morgan fingerprint density at radius 3 is 2.45 bits per heavy atom. The molecule has 1 spiro atoms. The highest BCUT2D eigenvalue weighted by Crippen LogP contribution is 2.35. The number of aliphatic hydroxyl groups is 1. The Bertz CT molecular complexity index is 449. The van der Waals surface area contributed by atoms with Gasteiger partial charge >= 0.3 is 0 Å². The van der Waals surface area contributed by atoms with Crippen molar-refractivity contribution in [2.45, 2.75) is 63.0 Å². The first kappa shape index (κ1) is 15.9. The van der Waals surface area contributed by atoms with Crippen molar-refractivity contribution in [2.24, 2.45) is 0 Å². The smallest absolute Gasteiger partial charge is 0.168 e. The predicted octanol–water partition coefficient (Wildman–Crippen LogP) is 2.25. The summed E-state index contributed by atoms with van der Waals surface area (Å²) in [6.45, 7) is 3.52. The van der Waals surface area contributed by atoms with E-state index in [-0.39, 0.29) is 17.9 Å². The SMILES string of the molecule is C[C@H](NC1CCC2(CC1)OCCO2)[C@H](O)Cc1ccccc1. The van der Waals surface area contributed by atoms with E-state index >= 15 is 0 Å². The van der Waals surface area contributed by atoms with Crippen LogP contribution in [0.2, 0.25) is 0 Å². The lowest BCUT2D eigenvalue weighted by atomic mass is 9.89. The van der Waals surface area contributed by atoms with Crippen LogP contribution >= 0.6 is 0 Å². The first-order valence-corrected chi connectivity index (χ1v) is 8.43. The minimum Gasteiger partial charge on any atom is -0.391 e. The van der Waals surface area contributed by atoms with Gasteiger partial charge in [-0.15, -0.1) is 0 Å². The maximum absolute atomic E-state index is 10.4. The summed E-state index contributed by atoms with van der Waals surface area (Å²) >= 11 is 0. The Balaban J connectivity index is 1.44. The number of rotatable bonds is 5. The minimum absolute atomic E-state index is 0.0877.